The number of phenols is 1. The molecule has 0 radical (unpaired) electrons. The number of anilines is 1. The molecule has 32 heavy (non-hydrogen) atoms. The SMILES string of the molecule is CC(C)c1ccccc1-n1c(SCC(=O)Nc2ccc(O)cc2)nnc1-c1cccnc1. The lowest BCUT2D eigenvalue weighted by atomic mass is 10.0. The second-order valence-electron chi connectivity index (χ2n) is 7.48. The van der Waals surface area contributed by atoms with E-state index in [4.69, 9.17) is 0 Å². The molecule has 0 spiro atoms. The van der Waals surface area contributed by atoms with Crippen LogP contribution in [0.2, 0.25) is 0 Å². The minimum atomic E-state index is -0.171. The summed E-state index contributed by atoms with van der Waals surface area (Å²) in [7, 11) is 0. The quantitative estimate of drug-likeness (QED) is 0.311. The zero-order valence-corrected chi connectivity index (χ0v) is 18.6. The number of para-hydroxylation sites is 1. The third-order valence-corrected chi connectivity index (χ3v) is 5.77. The molecule has 162 valence electrons. The lowest BCUT2D eigenvalue weighted by molar-refractivity contribution is -0.113. The van der Waals surface area contributed by atoms with Crippen molar-refractivity contribution < 1.29 is 9.90 Å². The number of phenolic OH excluding ortho intramolecular Hbond substituents is 1. The topological polar surface area (TPSA) is 92.9 Å². The first-order chi connectivity index (χ1) is 15.5. The molecule has 2 N–H and O–H groups in total. The number of thioether (sulfide) groups is 1. The van der Waals surface area contributed by atoms with Crippen molar-refractivity contribution in [1.29, 1.82) is 0 Å². The maximum atomic E-state index is 12.5. The second-order valence-corrected chi connectivity index (χ2v) is 8.42. The lowest BCUT2D eigenvalue weighted by Gasteiger charge is -2.16. The first-order valence-electron chi connectivity index (χ1n) is 10.2. The zero-order chi connectivity index (χ0) is 22.5. The number of nitrogens with zero attached hydrogens (tertiary/aromatic N) is 4. The van der Waals surface area contributed by atoms with E-state index < -0.39 is 0 Å². The van der Waals surface area contributed by atoms with Gasteiger partial charge in [-0.2, -0.15) is 0 Å². The van der Waals surface area contributed by atoms with Gasteiger partial charge in [0.25, 0.3) is 0 Å². The molecule has 0 saturated carbocycles. The summed E-state index contributed by atoms with van der Waals surface area (Å²) in [4.78, 5) is 16.7. The Morgan fingerprint density at radius 1 is 1.06 bits per heavy atom. The Morgan fingerprint density at radius 3 is 2.56 bits per heavy atom. The molecule has 7 nitrogen and oxygen atoms in total. The zero-order valence-electron chi connectivity index (χ0n) is 17.8. The predicted molar refractivity (Wildman–Crippen MR) is 126 cm³/mol. The first kappa shape index (κ1) is 21.6. The van der Waals surface area contributed by atoms with Gasteiger partial charge in [-0.25, -0.2) is 0 Å². The number of amides is 1. The Labute approximate surface area is 190 Å². The molecule has 1 amide bonds. The van der Waals surface area contributed by atoms with Crippen LogP contribution in [-0.4, -0.2) is 36.5 Å². The van der Waals surface area contributed by atoms with Crippen LogP contribution in [0.25, 0.3) is 17.1 Å². The van der Waals surface area contributed by atoms with Crippen LogP contribution in [0.5, 0.6) is 5.75 Å². The molecule has 0 aliphatic heterocycles. The van der Waals surface area contributed by atoms with E-state index in [1.54, 1.807) is 24.5 Å². The minimum Gasteiger partial charge on any atom is -0.508 e. The molecular formula is C24H23N5O2S. The molecule has 8 heteroatoms. The van der Waals surface area contributed by atoms with E-state index >= 15 is 0 Å². The maximum Gasteiger partial charge on any atom is 0.234 e. The van der Waals surface area contributed by atoms with Gasteiger partial charge in [0.05, 0.1) is 11.4 Å². The number of hydrogen-bond donors (Lipinski definition) is 2. The number of benzene rings is 2. The van der Waals surface area contributed by atoms with Crippen LogP contribution in [0.15, 0.2) is 78.2 Å². The van der Waals surface area contributed by atoms with Crippen LogP contribution in [0.3, 0.4) is 0 Å². The van der Waals surface area contributed by atoms with Gasteiger partial charge in [-0.3, -0.25) is 14.3 Å². The number of nitrogens with one attached hydrogen (secondary N) is 1. The Kier molecular flexibility index (Phi) is 6.51. The van der Waals surface area contributed by atoms with Gasteiger partial charge < -0.3 is 10.4 Å². The second kappa shape index (κ2) is 9.65. The monoisotopic (exact) mass is 445 g/mol. The van der Waals surface area contributed by atoms with E-state index in [-0.39, 0.29) is 17.4 Å². The van der Waals surface area contributed by atoms with E-state index in [9.17, 15) is 9.90 Å². The molecule has 0 bridgehead atoms. The van der Waals surface area contributed by atoms with Gasteiger partial charge in [0.1, 0.15) is 5.75 Å². The van der Waals surface area contributed by atoms with Gasteiger partial charge in [-0.1, -0.05) is 43.8 Å². The maximum absolute atomic E-state index is 12.5. The van der Waals surface area contributed by atoms with Crippen LogP contribution >= 0.6 is 11.8 Å². The molecule has 0 saturated heterocycles. The van der Waals surface area contributed by atoms with Gasteiger partial charge >= 0.3 is 0 Å². The predicted octanol–water partition coefficient (Wildman–Crippen LogP) is 4.89. The Morgan fingerprint density at radius 2 is 1.84 bits per heavy atom. The number of rotatable bonds is 7. The van der Waals surface area contributed by atoms with Gasteiger partial charge in [0.2, 0.25) is 5.91 Å². The van der Waals surface area contributed by atoms with E-state index in [1.807, 2.05) is 34.9 Å². The third kappa shape index (κ3) is 4.81. The number of pyridine rings is 1. The molecule has 2 heterocycles. The molecule has 0 aliphatic rings. The van der Waals surface area contributed by atoms with Gasteiger partial charge in [-0.05, 0) is 53.9 Å². The summed E-state index contributed by atoms with van der Waals surface area (Å²) in [6.45, 7) is 4.29. The molecule has 4 aromatic rings. The van der Waals surface area contributed by atoms with Crippen molar-refractivity contribution in [3.63, 3.8) is 0 Å². The van der Waals surface area contributed by atoms with Crippen molar-refractivity contribution >= 4 is 23.4 Å². The third-order valence-electron chi connectivity index (χ3n) is 4.84. The Bertz CT molecular complexity index is 1210. The summed E-state index contributed by atoms with van der Waals surface area (Å²) in [6.07, 6.45) is 3.47. The fourth-order valence-electron chi connectivity index (χ4n) is 3.31. The van der Waals surface area contributed by atoms with Crippen LogP contribution < -0.4 is 5.32 Å². The van der Waals surface area contributed by atoms with Crippen LogP contribution in [-0.2, 0) is 4.79 Å². The molecule has 0 atom stereocenters. The minimum absolute atomic E-state index is 0.150. The summed E-state index contributed by atoms with van der Waals surface area (Å²) >= 11 is 1.32. The van der Waals surface area contributed by atoms with Gasteiger partial charge in [0, 0.05) is 23.6 Å². The highest BCUT2D eigenvalue weighted by Gasteiger charge is 2.20. The largest absolute Gasteiger partial charge is 0.508 e. The van der Waals surface area contributed by atoms with E-state index in [2.05, 4.69) is 40.4 Å². The highest BCUT2D eigenvalue weighted by atomic mass is 32.2. The van der Waals surface area contributed by atoms with Crippen molar-refractivity contribution in [1.82, 2.24) is 19.7 Å². The van der Waals surface area contributed by atoms with Crippen molar-refractivity contribution in [3.05, 3.63) is 78.6 Å². The molecular weight excluding hydrogens is 422 g/mol. The lowest BCUT2D eigenvalue weighted by Crippen LogP contribution is -2.14. The number of carbonyl (C=O) groups excluding carboxylic acids is 1. The first-order valence-corrected chi connectivity index (χ1v) is 11.2. The van der Waals surface area contributed by atoms with Crippen LogP contribution in [0.4, 0.5) is 5.69 Å². The molecule has 0 unspecified atom stereocenters. The van der Waals surface area contributed by atoms with Crippen molar-refractivity contribution in [2.45, 2.75) is 24.9 Å². The number of aromatic hydroxyl groups is 1. The normalized spacial score (nSPS) is 11.0. The van der Waals surface area contributed by atoms with E-state index in [1.165, 1.54) is 23.9 Å². The summed E-state index contributed by atoms with van der Waals surface area (Å²) < 4.78 is 1.99. The van der Waals surface area contributed by atoms with Crippen molar-refractivity contribution in [3.8, 4) is 22.8 Å². The Hall–Kier alpha value is -3.65. The van der Waals surface area contributed by atoms with Crippen molar-refractivity contribution in [2.75, 3.05) is 11.1 Å². The molecule has 0 aliphatic carbocycles. The molecule has 0 fully saturated rings. The van der Waals surface area contributed by atoms with Crippen LogP contribution in [0, 0.1) is 0 Å². The molecule has 2 aromatic carbocycles. The standard InChI is InChI=1S/C24H23N5O2S/c1-16(2)20-7-3-4-8-21(20)29-23(17-6-5-13-25-14-17)27-28-24(29)32-15-22(31)26-18-9-11-19(30)12-10-18/h3-14,16,30H,15H2,1-2H3,(H,26,31). The van der Waals surface area contributed by atoms with Crippen molar-refractivity contribution in [2.24, 2.45) is 0 Å². The summed E-state index contributed by atoms with van der Waals surface area (Å²) in [5.74, 6) is 1.11. The smallest absolute Gasteiger partial charge is 0.234 e. The van der Waals surface area contributed by atoms with Gasteiger partial charge in [-0.15, -0.1) is 10.2 Å². The average Bonchev–Trinajstić information content (AvgIpc) is 3.23. The van der Waals surface area contributed by atoms with Crippen LogP contribution in [0.1, 0.15) is 25.3 Å². The van der Waals surface area contributed by atoms with E-state index in [0.29, 0.717) is 22.6 Å². The highest BCUT2D eigenvalue weighted by Crippen LogP contribution is 2.32. The number of carbonyl (C=O) groups is 1. The summed E-state index contributed by atoms with van der Waals surface area (Å²) in [6, 6.07) is 18.3. The van der Waals surface area contributed by atoms with E-state index in [0.717, 1.165) is 16.8 Å². The molecule has 2 aromatic heterocycles. The highest BCUT2D eigenvalue weighted by molar-refractivity contribution is 7.99. The van der Waals surface area contributed by atoms with Gasteiger partial charge in [0.15, 0.2) is 11.0 Å². The number of aromatic nitrogens is 4. The summed E-state index contributed by atoms with van der Waals surface area (Å²) in [5, 5.41) is 21.7. The Balaban J connectivity index is 1.65. The molecule has 4 rings (SSSR count). The average molecular weight is 446 g/mol. The fourth-order valence-corrected chi connectivity index (χ4v) is 4.06. The number of hydrogen-bond acceptors (Lipinski definition) is 6. The fraction of sp³-hybridized carbons (Fsp3) is 0.167. The summed E-state index contributed by atoms with van der Waals surface area (Å²) in [5.41, 5.74) is 3.61.